The van der Waals surface area contributed by atoms with Gasteiger partial charge in [0.1, 0.15) is 13.2 Å². The first-order chi connectivity index (χ1) is 17.7. The number of methoxy groups -OCH3 is 1. The Morgan fingerprint density at radius 2 is 1.81 bits per heavy atom. The number of amides is 3. The molecule has 37 heavy (non-hydrogen) atoms. The molecule has 190 valence electrons. The zero-order valence-corrected chi connectivity index (χ0v) is 23.1. The van der Waals surface area contributed by atoms with E-state index in [1.54, 1.807) is 42.5 Å². The van der Waals surface area contributed by atoms with Gasteiger partial charge in [-0.25, -0.2) is 0 Å². The molecule has 0 unspecified atom stereocenters. The Kier molecular flexibility index (Phi) is 8.58. The second-order valence-corrected chi connectivity index (χ2v) is 10.4. The maximum atomic E-state index is 12.9. The summed E-state index contributed by atoms with van der Waals surface area (Å²) in [5.74, 6) is -0.0482. The number of carbonyl (C=O) groups is 3. The summed E-state index contributed by atoms with van der Waals surface area (Å²) in [5, 5.41) is 2.83. The molecule has 10 heteroatoms. The summed E-state index contributed by atoms with van der Waals surface area (Å²) in [4.78, 5) is 38.9. The number of thioether (sulfide) groups is 1. The number of nitrogens with zero attached hydrogens (tertiary/aromatic N) is 1. The zero-order valence-electron chi connectivity index (χ0n) is 19.9. The minimum absolute atomic E-state index is 0.205. The van der Waals surface area contributed by atoms with E-state index in [9.17, 15) is 14.4 Å². The van der Waals surface area contributed by atoms with Crippen molar-refractivity contribution in [3.8, 4) is 11.5 Å². The lowest BCUT2D eigenvalue weighted by Gasteiger charge is -2.14. The van der Waals surface area contributed by atoms with E-state index in [1.807, 2.05) is 31.2 Å². The average molecular weight is 602 g/mol. The fourth-order valence-electron chi connectivity index (χ4n) is 3.47. The number of halogens is 2. The highest BCUT2D eigenvalue weighted by atomic mass is 79.9. The minimum Gasteiger partial charge on any atom is -0.493 e. The molecule has 1 fully saturated rings. The van der Waals surface area contributed by atoms with E-state index >= 15 is 0 Å². The van der Waals surface area contributed by atoms with Gasteiger partial charge in [0.2, 0.25) is 5.91 Å². The topological polar surface area (TPSA) is 84.9 Å². The van der Waals surface area contributed by atoms with Crippen molar-refractivity contribution in [3.05, 3.63) is 91.8 Å². The standard InChI is InChI=1S/C27H22BrClN2O5S/c1-16-3-9-20(10-4-16)30-24(32)14-31-26(33)23(37-27(31)34)13-18-11-21(28)25(22(12-18)35-2)36-15-17-5-7-19(29)8-6-17/h3-13H,14-15H2,1-2H3,(H,30,32)/b23-13+. The smallest absolute Gasteiger partial charge is 0.294 e. The number of hydrogen-bond acceptors (Lipinski definition) is 6. The fourth-order valence-corrected chi connectivity index (χ4v) is 5.01. The summed E-state index contributed by atoms with van der Waals surface area (Å²) in [6, 6.07) is 18.0. The molecule has 1 saturated heterocycles. The van der Waals surface area contributed by atoms with Crippen LogP contribution in [0, 0.1) is 6.92 Å². The number of anilines is 1. The monoisotopic (exact) mass is 600 g/mol. The van der Waals surface area contributed by atoms with Crippen LogP contribution in [0.3, 0.4) is 0 Å². The van der Waals surface area contributed by atoms with Crippen molar-refractivity contribution in [2.45, 2.75) is 13.5 Å². The predicted octanol–water partition coefficient (Wildman–Crippen LogP) is 6.67. The first-order valence-electron chi connectivity index (χ1n) is 11.1. The van der Waals surface area contributed by atoms with E-state index in [-0.39, 0.29) is 11.4 Å². The van der Waals surface area contributed by atoms with Crippen molar-refractivity contribution in [2.24, 2.45) is 0 Å². The number of imide groups is 1. The van der Waals surface area contributed by atoms with Crippen LogP contribution in [-0.4, -0.2) is 35.6 Å². The third-order valence-corrected chi connectivity index (χ3v) is 7.11. The Hall–Kier alpha value is -3.27. The molecular formula is C27H22BrClN2O5S. The Labute approximate surface area is 231 Å². The van der Waals surface area contributed by atoms with Gasteiger partial charge in [0.15, 0.2) is 11.5 Å². The molecule has 3 aromatic rings. The molecule has 1 aliphatic rings. The molecule has 0 radical (unpaired) electrons. The highest BCUT2D eigenvalue weighted by Gasteiger charge is 2.36. The second-order valence-electron chi connectivity index (χ2n) is 8.13. The van der Waals surface area contributed by atoms with Gasteiger partial charge < -0.3 is 14.8 Å². The summed E-state index contributed by atoms with van der Waals surface area (Å²) in [6.45, 7) is 1.86. The molecule has 0 atom stereocenters. The van der Waals surface area contributed by atoms with Crippen LogP contribution in [0.2, 0.25) is 5.02 Å². The number of hydrogen-bond donors (Lipinski definition) is 1. The SMILES string of the molecule is COc1cc(/C=C2/SC(=O)N(CC(=O)Nc3ccc(C)cc3)C2=O)cc(Br)c1OCc1ccc(Cl)cc1. The molecule has 1 N–H and O–H groups in total. The fraction of sp³-hybridized carbons (Fsp3) is 0.148. The highest BCUT2D eigenvalue weighted by molar-refractivity contribution is 9.10. The first-order valence-corrected chi connectivity index (χ1v) is 13.1. The van der Waals surface area contributed by atoms with Crippen molar-refractivity contribution in [1.82, 2.24) is 4.90 Å². The molecule has 0 spiro atoms. The number of rotatable bonds is 8. The molecule has 3 amide bonds. The Morgan fingerprint density at radius 1 is 1.11 bits per heavy atom. The van der Waals surface area contributed by atoms with E-state index < -0.39 is 17.1 Å². The van der Waals surface area contributed by atoms with Crippen LogP contribution in [0.25, 0.3) is 6.08 Å². The molecule has 1 heterocycles. The lowest BCUT2D eigenvalue weighted by Crippen LogP contribution is -2.36. The highest BCUT2D eigenvalue weighted by Crippen LogP contribution is 2.39. The Bertz CT molecular complexity index is 1380. The van der Waals surface area contributed by atoms with E-state index in [4.69, 9.17) is 21.1 Å². The molecule has 7 nitrogen and oxygen atoms in total. The van der Waals surface area contributed by atoms with Gasteiger partial charge in [-0.1, -0.05) is 41.4 Å². The third-order valence-electron chi connectivity index (χ3n) is 5.36. The summed E-state index contributed by atoms with van der Waals surface area (Å²) < 4.78 is 12.1. The van der Waals surface area contributed by atoms with Crippen molar-refractivity contribution >= 4 is 68.1 Å². The van der Waals surface area contributed by atoms with Gasteiger partial charge in [0, 0.05) is 10.7 Å². The van der Waals surface area contributed by atoms with Gasteiger partial charge in [-0.3, -0.25) is 19.3 Å². The van der Waals surface area contributed by atoms with E-state index in [1.165, 1.54) is 7.11 Å². The normalized spacial score (nSPS) is 14.3. The number of aryl methyl sites for hydroxylation is 1. The first kappa shape index (κ1) is 26.8. The van der Waals surface area contributed by atoms with Gasteiger partial charge in [-0.15, -0.1) is 0 Å². The van der Waals surface area contributed by atoms with E-state index in [2.05, 4.69) is 21.2 Å². The minimum atomic E-state index is -0.535. The lowest BCUT2D eigenvalue weighted by molar-refractivity contribution is -0.127. The van der Waals surface area contributed by atoms with Crippen LogP contribution in [0.5, 0.6) is 11.5 Å². The van der Waals surface area contributed by atoms with Gasteiger partial charge >= 0.3 is 0 Å². The molecule has 0 aromatic heterocycles. The largest absolute Gasteiger partial charge is 0.493 e. The van der Waals surface area contributed by atoms with E-state index in [0.717, 1.165) is 27.8 Å². The van der Waals surface area contributed by atoms with Gasteiger partial charge in [0.25, 0.3) is 11.1 Å². The summed E-state index contributed by atoms with van der Waals surface area (Å²) >= 11 is 10.2. The third kappa shape index (κ3) is 6.74. The number of nitrogens with one attached hydrogen (secondary N) is 1. The van der Waals surface area contributed by atoms with Crippen LogP contribution in [-0.2, 0) is 16.2 Å². The summed E-state index contributed by atoms with van der Waals surface area (Å²) in [7, 11) is 1.52. The maximum absolute atomic E-state index is 12.9. The molecule has 0 aliphatic carbocycles. The van der Waals surface area contributed by atoms with Crippen molar-refractivity contribution in [1.29, 1.82) is 0 Å². The van der Waals surface area contributed by atoms with Crippen molar-refractivity contribution in [2.75, 3.05) is 19.0 Å². The van der Waals surface area contributed by atoms with E-state index in [0.29, 0.717) is 38.9 Å². The summed E-state index contributed by atoms with van der Waals surface area (Å²) in [5.41, 5.74) is 3.20. The molecule has 4 rings (SSSR count). The molecule has 1 aliphatic heterocycles. The Morgan fingerprint density at radius 3 is 2.49 bits per heavy atom. The number of carbonyl (C=O) groups excluding carboxylic acids is 3. The maximum Gasteiger partial charge on any atom is 0.294 e. The number of ether oxygens (including phenoxy) is 2. The second kappa shape index (κ2) is 11.9. The molecule has 0 saturated carbocycles. The molecule has 3 aromatic carbocycles. The van der Waals surface area contributed by atoms with Gasteiger partial charge in [-0.2, -0.15) is 0 Å². The zero-order chi connectivity index (χ0) is 26.5. The van der Waals surface area contributed by atoms with Gasteiger partial charge in [-0.05, 0) is 88.2 Å². The summed E-state index contributed by atoms with van der Waals surface area (Å²) in [6.07, 6.45) is 1.58. The van der Waals surface area contributed by atoms with Crippen LogP contribution in [0.15, 0.2) is 70.0 Å². The van der Waals surface area contributed by atoms with Crippen LogP contribution < -0.4 is 14.8 Å². The van der Waals surface area contributed by atoms with Crippen LogP contribution in [0.4, 0.5) is 10.5 Å². The average Bonchev–Trinajstić information content (AvgIpc) is 3.12. The predicted molar refractivity (Wildman–Crippen MR) is 149 cm³/mol. The molecular weight excluding hydrogens is 580 g/mol. The van der Waals surface area contributed by atoms with Crippen LogP contribution >= 0.6 is 39.3 Å². The van der Waals surface area contributed by atoms with Crippen molar-refractivity contribution in [3.63, 3.8) is 0 Å². The quantitative estimate of drug-likeness (QED) is 0.290. The lowest BCUT2D eigenvalue weighted by atomic mass is 10.1. The molecule has 0 bridgehead atoms. The Balaban J connectivity index is 1.46. The van der Waals surface area contributed by atoms with Crippen molar-refractivity contribution < 1.29 is 23.9 Å². The number of benzene rings is 3. The van der Waals surface area contributed by atoms with Gasteiger partial charge in [0.05, 0.1) is 16.5 Å². The van der Waals surface area contributed by atoms with Crippen LogP contribution in [0.1, 0.15) is 16.7 Å².